The van der Waals surface area contributed by atoms with Crippen LogP contribution in [-0.2, 0) is 4.75 Å². The number of aromatic nitrogens is 1. The number of para-hydroxylation sites is 1. The van der Waals surface area contributed by atoms with Crippen molar-refractivity contribution in [3.8, 4) is 5.69 Å². The number of benzene rings is 2. The van der Waals surface area contributed by atoms with Crippen molar-refractivity contribution in [2.24, 2.45) is 0 Å². The number of ketones is 1. The first kappa shape index (κ1) is 14.1. The second kappa shape index (κ2) is 5.28. The number of nitrogens with zero attached hydrogens (tertiary/aromatic N) is 1. The standard InChI is InChI=1S/C20H15NOS/c1-2-20(15-9-4-3-5-10-15)19(22)17-12-8-14-21(17)16-11-6-7-13-18(16)23-20/h2-14H,1H2. The zero-order valence-corrected chi connectivity index (χ0v) is 13.3. The molecule has 0 saturated heterocycles. The summed E-state index contributed by atoms with van der Waals surface area (Å²) in [5, 5.41) is 0. The molecule has 112 valence electrons. The van der Waals surface area contributed by atoms with Gasteiger partial charge in [0.25, 0.3) is 0 Å². The third kappa shape index (κ3) is 2.01. The molecule has 0 spiro atoms. The van der Waals surface area contributed by atoms with Crippen molar-refractivity contribution in [3.63, 3.8) is 0 Å². The third-order valence-electron chi connectivity index (χ3n) is 4.20. The molecule has 1 aliphatic rings. The summed E-state index contributed by atoms with van der Waals surface area (Å²) in [6.07, 6.45) is 3.71. The number of hydrogen-bond acceptors (Lipinski definition) is 2. The zero-order chi connectivity index (χ0) is 15.9. The molecule has 2 aromatic carbocycles. The van der Waals surface area contributed by atoms with Crippen LogP contribution in [0.3, 0.4) is 0 Å². The predicted molar refractivity (Wildman–Crippen MR) is 94.3 cm³/mol. The maximum absolute atomic E-state index is 13.4. The highest BCUT2D eigenvalue weighted by atomic mass is 32.2. The van der Waals surface area contributed by atoms with E-state index in [0.717, 1.165) is 16.1 Å². The van der Waals surface area contributed by atoms with Crippen LogP contribution in [0.25, 0.3) is 5.69 Å². The van der Waals surface area contributed by atoms with E-state index in [9.17, 15) is 4.79 Å². The van der Waals surface area contributed by atoms with Crippen molar-refractivity contribution in [1.29, 1.82) is 0 Å². The average Bonchev–Trinajstić information content (AvgIpc) is 3.06. The lowest BCUT2D eigenvalue weighted by Gasteiger charge is -2.27. The van der Waals surface area contributed by atoms with Crippen LogP contribution in [0.1, 0.15) is 16.1 Å². The molecule has 0 amide bonds. The summed E-state index contributed by atoms with van der Waals surface area (Å²) in [4.78, 5) is 14.5. The van der Waals surface area contributed by atoms with Crippen LogP contribution in [0.5, 0.6) is 0 Å². The molecule has 0 fully saturated rings. The Morgan fingerprint density at radius 2 is 1.70 bits per heavy atom. The number of thioether (sulfide) groups is 1. The minimum Gasteiger partial charge on any atom is -0.313 e. The maximum Gasteiger partial charge on any atom is 0.204 e. The van der Waals surface area contributed by atoms with Crippen molar-refractivity contribution in [2.75, 3.05) is 0 Å². The maximum atomic E-state index is 13.4. The molecular formula is C20H15NOS. The lowest BCUT2D eigenvalue weighted by Crippen LogP contribution is -2.30. The van der Waals surface area contributed by atoms with Gasteiger partial charge in [-0.15, -0.1) is 6.58 Å². The predicted octanol–water partition coefficient (Wildman–Crippen LogP) is 4.85. The number of carbonyl (C=O) groups excluding carboxylic acids is 1. The number of hydrogen-bond donors (Lipinski definition) is 0. The van der Waals surface area contributed by atoms with Crippen LogP contribution in [-0.4, -0.2) is 10.4 Å². The Morgan fingerprint density at radius 3 is 2.48 bits per heavy atom. The van der Waals surface area contributed by atoms with Gasteiger partial charge in [-0.1, -0.05) is 60.3 Å². The van der Waals surface area contributed by atoms with E-state index in [4.69, 9.17) is 0 Å². The van der Waals surface area contributed by atoms with E-state index in [2.05, 4.69) is 12.6 Å². The highest BCUT2D eigenvalue weighted by Crippen LogP contribution is 2.49. The molecule has 0 bridgehead atoms. The number of Topliss-reactive ketones (excluding diaryl/α,β-unsaturated/α-hetero) is 1. The van der Waals surface area contributed by atoms with Gasteiger partial charge in [0, 0.05) is 11.1 Å². The normalized spacial score (nSPS) is 19.6. The first-order chi connectivity index (χ1) is 11.3. The fourth-order valence-corrected chi connectivity index (χ4v) is 4.36. The fraction of sp³-hybridized carbons (Fsp3) is 0.0500. The molecule has 1 unspecified atom stereocenters. The zero-order valence-electron chi connectivity index (χ0n) is 12.5. The summed E-state index contributed by atoms with van der Waals surface area (Å²) in [5.74, 6) is 0.0601. The molecule has 3 heteroatoms. The molecule has 2 nitrogen and oxygen atoms in total. The summed E-state index contributed by atoms with van der Waals surface area (Å²) in [5.41, 5.74) is 2.67. The Morgan fingerprint density at radius 1 is 0.957 bits per heavy atom. The summed E-state index contributed by atoms with van der Waals surface area (Å²) in [6.45, 7) is 4.00. The summed E-state index contributed by atoms with van der Waals surface area (Å²) >= 11 is 1.56. The molecule has 0 N–H and O–H groups in total. The average molecular weight is 317 g/mol. The molecule has 2 heterocycles. The van der Waals surface area contributed by atoms with Gasteiger partial charge in [0.1, 0.15) is 4.75 Å². The van der Waals surface area contributed by atoms with E-state index < -0.39 is 4.75 Å². The highest BCUT2D eigenvalue weighted by molar-refractivity contribution is 8.01. The van der Waals surface area contributed by atoms with Gasteiger partial charge in [0.15, 0.2) is 0 Å². The van der Waals surface area contributed by atoms with Gasteiger partial charge in [-0.25, -0.2) is 0 Å². The Balaban J connectivity index is 2.04. The molecule has 0 aliphatic carbocycles. The van der Waals surface area contributed by atoms with Crippen molar-refractivity contribution in [3.05, 3.63) is 96.8 Å². The second-order valence-electron chi connectivity index (χ2n) is 5.47. The van der Waals surface area contributed by atoms with Crippen LogP contribution >= 0.6 is 11.8 Å². The number of carbonyl (C=O) groups is 1. The quantitative estimate of drug-likeness (QED) is 0.630. The van der Waals surface area contributed by atoms with Gasteiger partial charge < -0.3 is 4.57 Å². The molecule has 1 aromatic heterocycles. The van der Waals surface area contributed by atoms with Crippen molar-refractivity contribution in [2.45, 2.75) is 9.64 Å². The van der Waals surface area contributed by atoms with Crippen LogP contribution in [0.15, 0.2) is 90.5 Å². The van der Waals surface area contributed by atoms with Gasteiger partial charge >= 0.3 is 0 Å². The van der Waals surface area contributed by atoms with E-state index in [-0.39, 0.29) is 5.78 Å². The largest absolute Gasteiger partial charge is 0.313 e. The minimum absolute atomic E-state index is 0.0601. The van der Waals surface area contributed by atoms with Crippen LogP contribution in [0.2, 0.25) is 0 Å². The van der Waals surface area contributed by atoms with Gasteiger partial charge in [-0.3, -0.25) is 4.79 Å². The van der Waals surface area contributed by atoms with E-state index in [0.29, 0.717) is 5.69 Å². The Kier molecular flexibility index (Phi) is 3.24. The van der Waals surface area contributed by atoms with Crippen LogP contribution in [0, 0.1) is 0 Å². The third-order valence-corrected chi connectivity index (χ3v) is 5.68. The smallest absolute Gasteiger partial charge is 0.204 e. The van der Waals surface area contributed by atoms with Crippen molar-refractivity contribution >= 4 is 17.5 Å². The molecule has 0 radical (unpaired) electrons. The first-order valence-electron chi connectivity index (χ1n) is 7.46. The SMILES string of the molecule is C=CC1(c2ccccc2)Sc2ccccc2-n2cccc2C1=O. The monoisotopic (exact) mass is 317 g/mol. The van der Waals surface area contributed by atoms with E-state index in [1.165, 1.54) is 0 Å². The summed E-state index contributed by atoms with van der Waals surface area (Å²) in [7, 11) is 0. The fourth-order valence-electron chi connectivity index (χ4n) is 3.06. The molecule has 4 rings (SSSR count). The lowest BCUT2D eigenvalue weighted by molar-refractivity contribution is 0.0956. The van der Waals surface area contributed by atoms with Gasteiger partial charge in [-0.2, -0.15) is 0 Å². The molecule has 23 heavy (non-hydrogen) atoms. The highest BCUT2D eigenvalue weighted by Gasteiger charge is 2.42. The Labute approximate surface area is 139 Å². The van der Waals surface area contributed by atoms with Crippen molar-refractivity contribution < 1.29 is 4.79 Å². The number of fused-ring (bicyclic) bond motifs is 3. The molecule has 3 aromatic rings. The van der Waals surface area contributed by atoms with Gasteiger partial charge in [-0.05, 0) is 29.8 Å². The number of rotatable bonds is 2. The van der Waals surface area contributed by atoms with E-state index >= 15 is 0 Å². The Bertz CT molecular complexity index is 897. The van der Waals surface area contributed by atoms with E-state index in [1.54, 1.807) is 17.8 Å². The van der Waals surface area contributed by atoms with Gasteiger partial charge in [0.05, 0.1) is 11.4 Å². The van der Waals surface area contributed by atoms with Crippen LogP contribution in [0.4, 0.5) is 0 Å². The lowest BCUT2D eigenvalue weighted by atomic mass is 9.92. The molecule has 1 atom stereocenters. The Hall–Kier alpha value is -2.52. The summed E-state index contributed by atoms with van der Waals surface area (Å²) in [6, 6.07) is 21.8. The minimum atomic E-state index is -0.816. The van der Waals surface area contributed by atoms with E-state index in [1.807, 2.05) is 71.4 Å². The second-order valence-corrected chi connectivity index (χ2v) is 6.76. The van der Waals surface area contributed by atoms with Gasteiger partial charge in [0.2, 0.25) is 5.78 Å². The summed E-state index contributed by atoms with van der Waals surface area (Å²) < 4.78 is 1.16. The first-order valence-corrected chi connectivity index (χ1v) is 8.27. The molecule has 1 aliphatic heterocycles. The van der Waals surface area contributed by atoms with Crippen molar-refractivity contribution in [1.82, 2.24) is 4.57 Å². The topological polar surface area (TPSA) is 22.0 Å². The molecule has 0 saturated carbocycles. The van der Waals surface area contributed by atoms with Crippen LogP contribution < -0.4 is 0 Å². The molecular weight excluding hydrogens is 302 g/mol.